The Kier molecular flexibility index (Phi) is 7.02. The predicted octanol–water partition coefficient (Wildman–Crippen LogP) is 4.65. The third-order valence-electron chi connectivity index (χ3n) is 5.64. The molecule has 1 aliphatic heterocycles. The fourth-order valence-electron chi connectivity index (χ4n) is 3.94. The number of anilines is 1. The first-order chi connectivity index (χ1) is 16.1. The van der Waals surface area contributed by atoms with E-state index in [1.807, 2.05) is 55.5 Å². The minimum absolute atomic E-state index is 0.152. The van der Waals surface area contributed by atoms with Crippen LogP contribution in [-0.2, 0) is 13.1 Å². The number of benzene rings is 2. The summed E-state index contributed by atoms with van der Waals surface area (Å²) in [5.74, 6) is 2.11. The van der Waals surface area contributed by atoms with E-state index in [1.165, 1.54) is 0 Å². The molecule has 0 aliphatic carbocycles. The van der Waals surface area contributed by atoms with Crippen molar-refractivity contribution in [3.8, 4) is 22.8 Å². The number of rotatable bonds is 9. The van der Waals surface area contributed by atoms with Gasteiger partial charge in [-0.3, -0.25) is 0 Å². The van der Waals surface area contributed by atoms with Crippen molar-refractivity contribution in [2.24, 2.45) is 0 Å². The summed E-state index contributed by atoms with van der Waals surface area (Å²) >= 11 is 0. The summed E-state index contributed by atoms with van der Waals surface area (Å²) in [7, 11) is 0. The van der Waals surface area contributed by atoms with Gasteiger partial charge in [-0.1, -0.05) is 41.6 Å². The second-order valence-electron chi connectivity index (χ2n) is 7.73. The number of nitrogens with zero attached hydrogens (tertiary/aromatic N) is 3. The maximum Gasteiger partial charge on any atom is 0.317 e. The number of hydrogen-bond acceptors (Lipinski definition) is 6. The largest absolute Gasteiger partial charge is 0.454 e. The first-order valence-corrected chi connectivity index (χ1v) is 11.3. The van der Waals surface area contributed by atoms with Crippen molar-refractivity contribution in [1.82, 2.24) is 15.4 Å². The fraction of sp³-hybridized carbons (Fsp3) is 0.360. The molecular weight excluding hydrogens is 420 g/mol. The van der Waals surface area contributed by atoms with E-state index in [0.717, 1.165) is 41.2 Å². The summed E-state index contributed by atoms with van der Waals surface area (Å²) in [4.78, 5) is 17.0. The van der Waals surface area contributed by atoms with Crippen LogP contribution in [0.2, 0.25) is 0 Å². The zero-order chi connectivity index (χ0) is 23.2. The van der Waals surface area contributed by atoms with Gasteiger partial charge in [0.2, 0.25) is 12.7 Å². The lowest BCUT2D eigenvalue weighted by molar-refractivity contribution is 0.173. The zero-order valence-electron chi connectivity index (χ0n) is 19.3. The molecule has 0 fully saturated rings. The van der Waals surface area contributed by atoms with Crippen LogP contribution in [0.15, 0.2) is 53.1 Å². The predicted molar refractivity (Wildman–Crippen MR) is 126 cm³/mol. The van der Waals surface area contributed by atoms with Crippen LogP contribution in [0.4, 0.5) is 10.7 Å². The molecule has 8 nitrogen and oxygen atoms in total. The molecule has 174 valence electrons. The van der Waals surface area contributed by atoms with Gasteiger partial charge >= 0.3 is 6.03 Å². The molecule has 2 amide bonds. The van der Waals surface area contributed by atoms with Gasteiger partial charge in [0.05, 0.1) is 12.1 Å². The molecule has 1 N–H and O–H groups in total. The molecule has 8 heteroatoms. The molecule has 0 saturated heterocycles. The van der Waals surface area contributed by atoms with E-state index in [0.29, 0.717) is 31.3 Å². The third kappa shape index (κ3) is 4.89. The van der Waals surface area contributed by atoms with Crippen LogP contribution in [-0.4, -0.2) is 42.5 Å². The Balaban J connectivity index is 1.70. The van der Waals surface area contributed by atoms with E-state index in [9.17, 15) is 4.79 Å². The Hall–Kier alpha value is -3.68. The van der Waals surface area contributed by atoms with E-state index in [-0.39, 0.29) is 12.8 Å². The maximum atomic E-state index is 13.1. The van der Waals surface area contributed by atoms with Crippen LogP contribution in [0.5, 0.6) is 11.5 Å². The minimum Gasteiger partial charge on any atom is -0.454 e. The van der Waals surface area contributed by atoms with Crippen molar-refractivity contribution in [3.05, 3.63) is 59.7 Å². The quantitative estimate of drug-likeness (QED) is 0.511. The molecule has 4 rings (SSSR count). The van der Waals surface area contributed by atoms with Crippen LogP contribution >= 0.6 is 0 Å². The van der Waals surface area contributed by atoms with Crippen molar-refractivity contribution < 1.29 is 18.8 Å². The summed E-state index contributed by atoms with van der Waals surface area (Å²) in [5, 5.41) is 7.34. The minimum atomic E-state index is -0.152. The summed E-state index contributed by atoms with van der Waals surface area (Å²) in [6.45, 7) is 9.11. The highest BCUT2D eigenvalue weighted by atomic mass is 16.7. The summed E-state index contributed by atoms with van der Waals surface area (Å²) in [6, 6.07) is 15.5. The summed E-state index contributed by atoms with van der Waals surface area (Å²) in [6.07, 6.45) is 0. The lowest BCUT2D eigenvalue weighted by Gasteiger charge is -2.25. The fourth-order valence-corrected chi connectivity index (χ4v) is 3.94. The molecule has 0 radical (unpaired) electrons. The van der Waals surface area contributed by atoms with Gasteiger partial charge in [0.25, 0.3) is 0 Å². The lowest BCUT2D eigenvalue weighted by atomic mass is 10.1. The van der Waals surface area contributed by atoms with Gasteiger partial charge in [0, 0.05) is 31.7 Å². The molecule has 1 aromatic heterocycles. The molecule has 1 aliphatic rings. The number of fused-ring (bicyclic) bond motifs is 1. The average Bonchev–Trinajstić information content (AvgIpc) is 3.47. The van der Waals surface area contributed by atoms with Crippen LogP contribution in [0.25, 0.3) is 11.3 Å². The number of ether oxygens (including phenoxy) is 2. The molecule has 2 aromatic carbocycles. The number of carbonyl (C=O) groups is 1. The number of aromatic nitrogens is 1. The highest BCUT2D eigenvalue weighted by Gasteiger charge is 2.26. The first-order valence-electron chi connectivity index (χ1n) is 11.3. The number of nitrogens with one attached hydrogen (secondary N) is 1. The van der Waals surface area contributed by atoms with Crippen molar-refractivity contribution in [2.75, 3.05) is 31.3 Å². The molecule has 3 aromatic rings. The Morgan fingerprint density at radius 2 is 1.76 bits per heavy atom. The Morgan fingerprint density at radius 1 is 1.00 bits per heavy atom. The topological polar surface area (TPSA) is 80.1 Å². The highest BCUT2D eigenvalue weighted by molar-refractivity contribution is 5.75. The lowest BCUT2D eigenvalue weighted by Crippen LogP contribution is -2.39. The van der Waals surface area contributed by atoms with Gasteiger partial charge in [0.1, 0.15) is 5.69 Å². The van der Waals surface area contributed by atoms with Crippen LogP contribution in [0.1, 0.15) is 31.9 Å². The van der Waals surface area contributed by atoms with Crippen molar-refractivity contribution in [2.45, 2.75) is 33.9 Å². The van der Waals surface area contributed by atoms with Gasteiger partial charge in [-0.2, -0.15) is 0 Å². The van der Waals surface area contributed by atoms with Crippen LogP contribution in [0, 0.1) is 0 Å². The number of carbonyl (C=O) groups excluding carboxylic acids is 1. The van der Waals surface area contributed by atoms with Gasteiger partial charge in [-0.15, -0.1) is 0 Å². The monoisotopic (exact) mass is 450 g/mol. The Bertz CT molecular complexity index is 1080. The SMILES string of the molecule is CCNC(=O)N(Cc1ccc2c(c1)OCO2)Cc1c(-c2ccccc2)noc1N(CC)CC. The van der Waals surface area contributed by atoms with Crippen LogP contribution in [0.3, 0.4) is 0 Å². The Morgan fingerprint density at radius 3 is 2.48 bits per heavy atom. The number of urea groups is 1. The zero-order valence-corrected chi connectivity index (χ0v) is 19.3. The molecular formula is C25H30N4O4. The summed E-state index contributed by atoms with van der Waals surface area (Å²) < 4.78 is 16.8. The van der Waals surface area contributed by atoms with E-state index in [2.05, 4.69) is 29.2 Å². The van der Waals surface area contributed by atoms with Crippen molar-refractivity contribution in [3.63, 3.8) is 0 Å². The first kappa shape index (κ1) is 22.5. The van der Waals surface area contributed by atoms with E-state index in [4.69, 9.17) is 14.0 Å². The van der Waals surface area contributed by atoms with E-state index < -0.39 is 0 Å². The molecule has 0 spiro atoms. The second-order valence-corrected chi connectivity index (χ2v) is 7.73. The van der Waals surface area contributed by atoms with Gasteiger partial charge in [-0.05, 0) is 38.5 Å². The van der Waals surface area contributed by atoms with Gasteiger partial charge in [0.15, 0.2) is 11.5 Å². The normalized spacial score (nSPS) is 12.0. The Labute approximate surface area is 194 Å². The van der Waals surface area contributed by atoms with Gasteiger partial charge in [-0.25, -0.2) is 4.79 Å². The summed E-state index contributed by atoms with van der Waals surface area (Å²) in [5.41, 5.74) is 3.54. The van der Waals surface area contributed by atoms with E-state index >= 15 is 0 Å². The standard InChI is InChI=1S/C25H30N4O4/c1-4-26-25(30)29(15-18-12-13-21-22(14-18)32-17-31-21)16-20-23(19-10-8-7-9-11-19)27-33-24(20)28(5-2)6-3/h7-14H,4-6,15-17H2,1-3H3,(H,26,30). The molecule has 0 atom stereocenters. The molecule has 0 saturated carbocycles. The van der Waals surface area contributed by atoms with Crippen LogP contribution < -0.4 is 19.7 Å². The van der Waals surface area contributed by atoms with Crippen molar-refractivity contribution in [1.29, 1.82) is 0 Å². The second kappa shape index (κ2) is 10.3. The van der Waals surface area contributed by atoms with Gasteiger partial charge < -0.3 is 29.1 Å². The third-order valence-corrected chi connectivity index (χ3v) is 5.64. The average molecular weight is 451 g/mol. The number of hydrogen-bond donors (Lipinski definition) is 1. The molecule has 2 heterocycles. The molecule has 0 bridgehead atoms. The number of amides is 2. The molecule has 0 unspecified atom stereocenters. The van der Waals surface area contributed by atoms with E-state index in [1.54, 1.807) is 4.90 Å². The maximum absolute atomic E-state index is 13.1. The molecule has 33 heavy (non-hydrogen) atoms. The van der Waals surface area contributed by atoms with Crippen molar-refractivity contribution >= 4 is 11.9 Å². The highest BCUT2D eigenvalue weighted by Crippen LogP contribution is 2.35. The smallest absolute Gasteiger partial charge is 0.317 e.